The predicted molar refractivity (Wildman–Crippen MR) is 90.2 cm³/mol. The Labute approximate surface area is 141 Å². The van der Waals surface area contributed by atoms with E-state index in [1.165, 1.54) is 24.3 Å². The summed E-state index contributed by atoms with van der Waals surface area (Å²) in [5.41, 5.74) is 7.52. The highest BCUT2D eigenvalue weighted by Crippen LogP contribution is 2.27. The molecule has 2 aromatic carbocycles. The molecule has 0 saturated heterocycles. The highest BCUT2D eigenvalue weighted by atomic mass is 19.1. The smallest absolute Gasteiger partial charge is 0.323 e. The summed E-state index contributed by atoms with van der Waals surface area (Å²) in [5.74, 6) is -0.348. The van der Waals surface area contributed by atoms with E-state index in [9.17, 15) is 9.18 Å². The second-order valence-corrected chi connectivity index (χ2v) is 5.83. The first-order chi connectivity index (χ1) is 11.4. The molecule has 0 heterocycles. The van der Waals surface area contributed by atoms with Gasteiger partial charge in [0, 0.05) is 0 Å². The van der Waals surface area contributed by atoms with Crippen LogP contribution in [0.4, 0.5) is 4.39 Å². The summed E-state index contributed by atoms with van der Waals surface area (Å²) in [6, 6.07) is 12.7. The first-order valence-corrected chi connectivity index (χ1v) is 7.81. The SMILES string of the molecule is Cc1ccc([C@@H](Oc2ccc(F)cc2)[C@H](C)OC(=O)[C@H](C)N)cc1. The quantitative estimate of drug-likeness (QED) is 0.823. The third kappa shape index (κ3) is 4.80. The molecule has 3 atom stereocenters. The summed E-state index contributed by atoms with van der Waals surface area (Å²) in [5, 5.41) is 0. The highest BCUT2D eigenvalue weighted by molar-refractivity contribution is 5.75. The second-order valence-electron chi connectivity index (χ2n) is 5.83. The summed E-state index contributed by atoms with van der Waals surface area (Å²) < 4.78 is 24.4. The Morgan fingerprint density at radius 2 is 1.62 bits per heavy atom. The molecule has 4 nitrogen and oxygen atoms in total. The van der Waals surface area contributed by atoms with Gasteiger partial charge in [0.1, 0.15) is 23.7 Å². The number of hydrogen-bond acceptors (Lipinski definition) is 4. The average Bonchev–Trinajstić information content (AvgIpc) is 2.55. The number of carbonyl (C=O) groups is 1. The monoisotopic (exact) mass is 331 g/mol. The van der Waals surface area contributed by atoms with Crippen LogP contribution in [0.1, 0.15) is 31.1 Å². The maximum Gasteiger partial charge on any atom is 0.323 e. The summed E-state index contributed by atoms with van der Waals surface area (Å²) in [6.45, 7) is 5.30. The molecule has 0 unspecified atom stereocenters. The minimum Gasteiger partial charge on any atom is -0.482 e. The van der Waals surface area contributed by atoms with Crippen molar-refractivity contribution in [1.82, 2.24) is 0 Å². The summed E-state index contributed by atoms with van der Waals surface area (Å²) in [6.07, 6.45) is -1.09. The number of benzene rings is 2. The number of halogens is 1. The van der Waals surface area contributed by atoms with Crippen molar-refractivity contribution in [2.24, 2.45) is 5.73 Å². The Balaban J connectivity index is 2.24. The van der Waals surface area contributed by atoms with Gasteiger partial charge in [-0.3, -0.25) is 4.79 Å². The van der Waals surface area contributed by atoms with Crippen LogP contribution >= 0.6 is 0 Å². The molecule has 0 aliphatic rings. The third-order valence-corrected chi connectivity index (χ3v) is 3.58. The maximum absolute atomic E-state index is 13.1. The largest absolute Gasteiger partial charge is 0.482 e. The van der Waals surface area contributed by atoms with Crippen LogP contribution in [0.5, 0.6) is 5.75 Å². The molecule has 0 aliphatic carbocycles. The van der Waals surface area contributed by atoms with Crippen LogP contribution in [0.15, 0.2) is 48.5 Å². The lowest BCUT2D eigenvalue weighted by Gasteiger charge is -2.26. The molecular weight excluding hydrogens is 309 g/mol. The van der Waals surface area contributed by atoms with E-state index in [-0.39, 0.29) is 5.82 Å². The van der Waals surface area contributed by atoms with Crippen LogP contribution < -0.4 is 10.5 Å². The minimum atomic E-state index is -0.711. The Morgan fingerprint density at radius 1 is 1.04 bits per heavy atom. The van der Waals surface area contributed by atoms with Gasteiger partial charge in [-0.1, -0.05) is 29.8 Å². The first-order valence-electron chi connectivity index (χ1n) is 7.81. The second kappa shape index (κ2) is 7.93. The molecule has 5 heteroatoms. The molecule has 128 valence electrons. The van der Waals surface area contributed by atoms with Crippen molar-refractivity contribution in [2.45, 2.75) is 39.0 Å². The van der Waals surface area contributed by atoms with Crippen molar-refractivity contribution in [3.63, 3.8) is 0 Å². The van der Waals surface area contributed by atoms with Gasteiger partial charge in [0.15, 0.2) is 6.10 Å². The van der Waals surface area contributed by atoms with Crippen LogP contribution in [0.25, 0.3) is 0 Å². The van der Waals surface area contributed by atoms with Crippen LogP contribution in [-0.4, -0.2) is 18.1 Å². The molecule has 2 rings (SSSR count). The fraction of sp³-hybridized carbons (Fsp3) is 0.316. The molecule has 2 N–H and O–H groups in total. The molecule has 2 aromatic rings. The molecular formula is C19H22FNO3. The van der Waals surface area contributed by atoms with Gasteiger partial charge >= 0.3 is 5.97 Å². The van der Waals surface area contributed by atoms with Gasteiger partial charge < -0.3 is 15.2 Å². The van der Waals surface area contributed by atoms with Gasteiger partial charge in [0.05, 0.1) is 0 Å². The van der Waals surface area contributed by atoms with Crippen molar-refractivity contribution in [2.75, 3.05) is 0 Å². The lowest BCUT2D eigenvalue weighted by Crippen LogP contribution is -2.34. The zero-order valence-corrected chi connectivity index (χ0v) is 14.0. The van der Waals surface area contributed by atoms with Gasteiger partial charge in [0.2, 0.25) is 0 Å². The van der Waals surface area contributed by atoms with E-state index in [1.807, 2.05) is 31.2 Å². The predicted octanol–water partition coefficient (Wildman–Crippen LogP) is 3.53. The fourth-order valence-electron chi connectivity index (χ4n) is 2.20. The normalized spacial score (nSPS) is 14.5. The Hall–Kier alpha value is -2.40. The topological polar surface area (TPSA) is 61.5 Å². The van der Waals surface area contributed by atoms with E-state index in [1.54, 1.807) is 13.8 Å². The van der Waals surface area contributed by atoms with E-state index in [0.29, 0.717) is 5.75 Å². The van der Waals surface area contributed by atoms with Crippen LogP contribution in [0.2, 0.25) is 0 Å². The van der Waals surface area contributed by atoms with Crippen molar-refractivity contribution >= 4 is 5.97 Å². The minimum absolute atomic E-state index is 0.342. The van der Waals surface area contributed by atoms with Crippen LogP contribution in [-0.2, 0) is 9.53 Å². The van der Waals surface area contributed by atoms with Crippen LogP contribution in [0.3, 0.4) is 0 Å². The molecule has 0 aliphatic heterocycles. The van der Waals surface area contributed by atoms with E-state index in [4.69, 9.17) is 15.2 Å². The van der Waals surface area contributed by atoms with Crippen LogP contribution in [0, 0.1) is 12.7 Å². The number of hydrogen-bond donors (Lipinski definition) is 1. The molecule has 0 spiro atoms. The maximum atomic E-state index is 13.1. The summed E-state index contributed by atoms with van der Waals surface area (Å²) in [7, 11) is 0. The molecule has 24 heavy (non-hydrogen) atoms. The van der Waals surface area contributed by atoms with E-state index >= 15 is 0 Å². The molecule has 0 aromatic heterocycles. The number of rotatable bonds is 6. The zero-order valence-electron chi connectivity index (χ0n) is 14.0. The Bertz CT molecular complexity index is 668. The lowest BCUT2D eigenvalue weighted by molar-refractivity contribution is -0.154. The molecule has 0 saturated carbocycles. The molecule has 0 radical (unpaired) electrons. The molecule has 0 amide bonds. The van der Waals surface area contributed by atoms with Crippen molar-refractivity contribution in [3.05, 3.63) is 65.5 Å². The van der Waals surface area contributed by atoms with Crippen molar-refractivity contribution in [1.29, 1.82) is 0 Å². The van der Waals surface area contributed by atoms with Crippen molar-refractivity contribution in [3.8, 4) is 5.75 Å². The summed E-state index contributed by atoms with van der Waals surface area (Å²) in [4.78, 5) is 11.8. The van der Waals surface area contributed by atoms with E-state index in [0.717, 1.165) is 11.1 Å². The zero-order chi connectivity index (χ0) is 17.7. The Kier molecular flexibility index (Phi) is 5.93. The summed E-state index contributed by atoms with van der Waals surface area (Å²) >= 11 is 0. The van der Waals surface area contributed by atoms with Gasteiger partial charge in [-0.05, 0) is 50.6 Å². The molecule has 0 fully saturated rings. The van der Waals surface area contributed by atoms with Gasteiger partial charge in [0.25, 0.3) is 0 Å². The number of aryl methyl sites for hydroxylation is 1. The number of esters is 1. The van der Waals surface area contributed by atoms with Gasteiger partial charge in [-0.25, -0.2) is 4.39 Å². The third-order valence-electron chi connectivity index (χ3n) is 3.58. The standard InChI is InChI=1S/C19H22FNO3/c1-12-4-6-15(7-5-12)18(14(3)23-19(22)13(2)21)24-17-10-8-16(20)9-11-17/h4-11,13-14,18H,21H2,1-3H3/t13-,14-,18-/m0/s1. The first kappa shape index (κ1) is 17.9. The van der Waals surface area contributed by atoms with Gasteiger partial charge in [-0.15, -0.1) is 0 Å². The van der Waals surface area contributed by atoms with Crippen molar-refractivity contribution < 1.29 is 18.7 Å². The highest BCUT2D eigenvalue weighted by Gasteiger charge is 2.26. The van der Waals surface area contributed by atoms with E-state index in [2.05, 4.69) is 0 Å². The number of carbonyl (C=O) groups excluding carboxylic acids is 1. The Morgan fingerprint density at radius 3 is 2.17 bits per heavy atom. The van der Waals surface area contributed by atoms with E-state index < -0.39 is 24.2 Å². The number of nitrogens with two attached hydrogens (primary N) is 1. The average molecular weight is 331 g/mol. The lowest BCUT2D eigenvalue weighted by atomic mass is 10.0. The van der Waals surface area contributed by atoms with Gasteiger partial charge in [-0.2, -0.15) is 0 Å². The number of ether oxygens (including phenoxy) is 2. The fourth-order valence-corrected chi connectivity index (χ4v) is 2.20. The molecule has 0 bridgehead atoms.